The van der Waals surface area contributed by atoms with Crippen LogP contribution in [0.1, 0.15) is 29.1 Å². The lowest BCUT2D eigenvalue weighted by Crippen LogP contribution is -2.54. The highest BCUT2D eigenvalue weighted by molar-refractivity contribution is 5.96. The molecule has 1 aromatic heterocycles. The normalized spacial score (nSPS) is 22.6. The van der Waals surface area contributed by atoms with Crippen LogP contribution in [0.15, 0.2) is 10.8 Å². The summed E-state index contributed by atoms with van der Waals surface area (Å²) in [5.41, 5.74) is 0.244. The predicted octanol–water partition coefficient (Wildman–Crippen LogP) is 0.0360. The van der Waals surface area contributed by atoms with Crippen molar-refractivity contribution in [3.05, 3.63) is 17.8 Å². The third kappa shape index (κ3) is 3.93. The first-order chi connectivity index (χ1) is 11.6. The van der Waals surface area contributed by atoms with Crippen molar-refractivity contribution in [2.45, 2.75) is 25.8 Å². The Hall–Kier alpha value is -1.93. The molecule has 3 heterocycles. The molecule has 2 amide bonds. The molecule has 2 aliphatic heterocycles. The van der Waals surface area contributed by atoms with Gasteiger partial charge in [0.1, 0.15) is 11.8 Å². The lowest BCUT2D eigenvalue weighted by Gasteiger charge is -2.35. The van der Waals surface area contributed by atoms with Gasteiger partial charge in [-0.3, -0.25) is 14.5 Å². The summed E-state index contributed by atoms with van der Waals surface area (Å²) in [4.78, 5) is 32.9. The molecule has 0 bridgehead atoms. The summed E-state index contributed by atoms with van der Waals surface area (Å²) in [7, 11) is 0. The summed E-state index contributed by atoms with van der Waals surface area (Å²) >= 11 is 0. The van der Waals surface area contributed by atoms with Gasteiger partial charge in [-0.2, -0.15) is 0 Å². The van der Waals surface area contributed by atoms with Gasteiger partial charge < -0.3 is 19.4 Å². The summed E-state index contributed by atoms with van der Waals surface area (Å²) in [6.07, 6.45) is 2.79. The molecule has 1 N–H and O–H groups in total. The van der Waals surface area contributed by atoms with Gasteiger partial charge in [-0.25, -0.2) is 4.98 Å². The lowest BCUT2D eigenvalue weighted by molar-refractivity contribution is -0.136. The van der Waals surface area contributed by atoms with Gasteiger partial charge >= 0.3 is 0 Å². The number of nitrogens with zero attached hydrogens (tertiary/aromatic N) is 3. The number of oxazole rings is 1. The number of nitrogens with one attached hydrogen (secondary N) is 1. The van der Waals surface area contributed by atoms with E-state index in [9.17, 15) is 9.59 Å². The minimum absolute atomic E-state index is 0.0102. The second kappa shape index (κ2) is 7.76. The van der Waals surface area contributed by atoms with Crippen molar-refractivity contribution in [2.24, 2.45) is 0 Å². The average molecular weight is 336 g/mol. The number of morpholine rings is 1. The highest BCUT2D eigenvalue weighted by Crippen LogP contribution is 2.13. The molecule has 0 aliphatic carbocycles. The Morgan fingerprint density at radius 3 is 2.83 bits per heavy atom. The van der Waals surface area contributed by atoms with Crippen molar-refractivity contribution in [1.82, 2.24) is 20.1 Å². The molecule has 24 heavy (non-hydrogen) atoms. The highest BCUT2D eigenvalue weighted by Gasteiger charge is 2.31. The molecule has 8 nitrogen and oxygen atoms in total. The number of rotatable bonds is 5. The van der Waals surface area contributed by atoms with Crippen LogP contribution in [0.3, 0.4) is 0 Å². The fraction of sp³-hybridized carbons (Fsp3) is 0.688. The number of aromatic nitrogens is 1. The molecule has 0 aromatic carbocycles. The van der Waals surface area contributed by atoms with Crippen LogP contribution in [-0.2, 0) is 9.53 Å². The number of carbonyl (C=O) groups is 2. The van der Waals surface area contributed by atoms with E-state index in [4.69, 9.17) is 9.15 Å². The van der Waals surface area contributed by atoms with E-state index in [1.54, 1.807) is 6.92 Å². The second-order valence-corrected chi connectivity index (χ2v) is 6.20. The van der Waals surface area contributed by atoms with Crippen LogP contribution in [0.2, 0.25) is 0 Å². The van der Waals surface area contributed by atoms with Crippen LogP contribution in [-0.4, -0.2) is 78.6 Å². The second-order valence-electron chi connectivity index (χ2n) is 6.20. The number of hydrogen-bond acceptors (Lipinski definition) is 6. The summed E-state index contributed by atoms with van der Waals surface area (Å²) in [5, 5.41) is 2.79. The fourth-order valence-electron chi connectivity index (χ4n) is 3.13. The first-order valence-corrected chi connectivity index (χ1v) is 8.45. The Balaban J connectivity index is 1.52. The molecule has 2 fully saturated rings. The van der Waals surface area contributed by atoms with E-state index in [0.29, 0.717) is 18.7 Å². The van der Waals surface area contributed by atoms with E-state index in [2.05, 4.69) is 15.2 Å². The van der Waals surface area contributed by atoms with Gasteiger partial charge in [-0.15, -0.1) is 0 Å². The lowest BCUT2D eigenvalue weighted by atomic mass is 10.0. The molecule has 8 heteroatoms. The average Bonchev–Trinajstić information content (AvgIpc) is 3.03. The molecule has 2 saturated heterocycles. The Bertz CT molecular complexity index is 582. The molecule has 0 radical (unpaired) electrons. The minimum atomic E-state index is -0.480. The van der Waals surface area contributed by atoms with E-state index in [1.165, 1.54) is 6.39 Å². The fourth-order valence-corrected chi connectivity index (χ4v) is 3.13. The van der Waals surface area contributed by atoms with Gasteiger partial charge in [-0.1, -0.05) is 0 Å². The monoisotopic (exact) mass is 336 g/mol. The van der Waals surface area contributed by atoms with Crippen LogP contribution in [0, 0.1) is 6.92 Å². The molecular weight excluding hydrogens is 312 g/mol. The van der Waals surface area contributed by atoms with E-state index in [0.717, 1.165) is 45.8 Å². The molecule has 1 unspecified atom stereocenters. The van der Waals surface area contributed by atoms with Crippen LogP contribution in [0.5, 0.6) is 0 Å². The number of ether oxygens (including phenoxy) is 1. The number of piperidine rings is 1. The summed E-state index contributed by atoms with van der Waals surface area (Å²) in [6, 6.07) is -0.480. The molecule has 3 rings (SSSR count). The Kier molecular flexibility index (Phi) is 5.47. The van der Waals surface area contributed by atoms with E-state index < -0.39 is 6.04 Å². The van der Waals surface area contributed by atoms with Gasteiger partial charge in [0.2, 0.25) is 5.91 Å². The maximum atomic E-state index is 12.6. The van der Waals surface area contributed by atoms with Gasteiger partial charge in [0.15, 0.2) is 12.1 Å². The highest BCUT2D eigenvalue weighted by atomic mass is 16.5. The maximum Gasteiger partial charge on any atom is 0.274 e. The van der Waals surface area contributed by atoms with E-state index >= 15 is 0 Å². The van der Waals surface area contributed by atoms with Crippen LogP contribution >= 0.6 is 0 Å². The van der Waals surface area contributed by atoms with Crippen molar-refractivity contribution in [3.8, 4) is 0 Å². The molecular formula is C16H24N4O4. The zero-order chi connectivity index (χ0) is 16.9. The largest absolute Gasteiger partial charge is 0.448 e. The molecule has 0 spiro atoms. The zero-order valence-electron chi connectivity index (χ0n) is 14.0. The van der Waals surface area contributed by atoms with Crippen molar-refractivity contribution in [1.29, 1.82) is 0 Å². The van der Waals surface area contributed by atoms with Gasteiger partial charge in [-0.05, 0) is 19.8 Å². The van der Waals surface area contributed by atoms with Crippen molar-refractivity contribution in [3.63, 3.8) is 0 Å². The Morgan fingerprint density at radius 1 is 1.33 bits per heavy atom. The van der Waals surface area contributed by atoms with Crippen LogP contribution < -0.4 is 5.32 Å². The quantitative estimate of drug-likeness (QED) is 0.817. The maximum absolute atomic E-state index is 12.6. The molecule has 132 valence electrons. The first-order valence-electron chi connectivity index (χ1n) is 8.45. The standard InChI is InChI=1S/C16H24N4O4/c1-12-14(17-11-24-12)15(21)18-13-3-2-4-20(16(13)22)6-5-19-7-9-23-10-8-19/h11,13H,2-10H2,1H3,(H,18,21). The number of hydrogen-bond donors (Lipinski definition) is 1. The van der Waals surface area contributed by atoms with E-state index in [-0.39, 0.29) is 17.5 Å². The SMILES string of the molecule is Cc1ocnc1C(=O)NC1CCCN(CCN2CCOCC2)C1=O. The predicted molar refractivity (Wildman–Crippen MR) is 85.6 cm³/mol. The van der Waals surface area contributed by atoms with E-state index in [1.807, 2.05) is 4.90 Å². The summed E-state index contributed by atoms with van der Waals surface area (Å²) < 4.78 is 10.4. The first kappa shape index (κ1) is 16.9. The van der Waals surface area contributed by atoms with Crippen LogP contribution in [0.25, 0.3) is 0 Å². The third-order valence-corrected chi connectivity index (χ3v) is 4.59. The van der Waals surface area contributed by atoms with Gasteiger partial charge in [0, 0.05) is 32.7 Å². The number of likely N-dealkylation sites (tertiary alicyclic amines) is 1. The molecule has 1 atom stereocenters. The molecule has 0 saturated carbocycles. The Morgan fingerprint density at radius 2 is 2.12 bits per heavy atom. The van der Waals surface area contributed by atoms with Crippen molar-refractivity contribution < 1.29 is 18.7 Å². The molecule has 1 aromatic rings. The number of carbonyl (C=O) groups excluding carboxylic acids is 2. The minimum Gasteiger partial charge on any atom is -0.448 e. The van der Waals surface area contributed by atoms with Crippen molar-refractivity contribution >= 4 is 11.8 Å². The number of amides is 2. The summed E-state index contributed by atoms with van der Waals surface area (Å²) in [5.74, 6) is 0.0959. The molecule has 2 aliphatic rings. The smallest absolute Gasteiger partial charge is 0.274 e. The topological polar surface area (TPSA) is 87.9 Å². The van der Waals surface area contributed by atoms with Crippen molar-refractivity contribution in [2.75, 3.05) is 45.9 Å². The zero-order valence-corrected chi connectivity index (χ0v) is 14.0. The Labute approximate surface area is 141 Å². The summed E-state index contributed by atoms with van der Waals surface area (Å²) in [6.45, 7) is 7.29. The van der Waals surface area contributed by atoms with Gasteiger partial charge in [0.05, 0.1) is 13.2 Å². The number of aryl methyl sites for hydroxylation is 1. The third-order valence-electron chi connectivity index (χ3n) is 4.59. The van der Waals surface area contributed by atoms with Gasteiger partial charge in [0.25, 0.3) is 5.91 Å². The van der Waals surface area contributed by atoms with Crippen LogP contribution in [0.4, 0.5) is 0 Å².